The van der Waals surface area contributed by atoms with Gasteiger partial charge in [-0.2, -0.15) is 18.2 Å². The summed E-state index contributed by atoms with van der Waals surface area (Å²) in [6.45, 7) is 3.61. The van der Waals surface area contributed by atoms with Crippen LogP contribution in [0, 0.1) is 0 Å². The molecule has 3 aromatic rings. The molecule has 1 unspecified atom stereocenters. The van der Waals surface area contributed by atoms with Crippen molar-refractivity contribution in [2.45, 2.75) is 38.0 Å². The number of likely N-dealkylation sites (tertiary alicyclic amines) is 1. The molecule has 2 aromatic carbocycles. The predicted octanol–water partition coefficient (Wildman–Crippen LogP) is 5.01. The SMILES string of the molecule is COc1cc(C(=O)NC2CCN(C)CC2)ccc1Nc1ncc(C(F)(F)F)c(Oc2cccc3c2C(=O)N(C)C3C)n1. The topological polar surface area (TPSA) is 109 Å². The Morgan fingerprint density at radius 1 is 1.10 bits per heavy atom. The van der Waals surface area contributed by atoms with E-state index in [2.05, 4.69) is 25.5 Å². The number of rotatable bonds is 7. The number of methoxy groups -OCH3 is 1. The molecule has 2 amide bonds. The number of carbonyl (C=O) groups is 2. The van der Waals surface area contributed by atoms with Gasteiger partial charge in [0, 0.05) is 24.8 Å². The molecule has 2 aliphatic heterocycles. The number of carbonyl (C=O) groups excluding carboxylic acids is 2. The number of nitrogens with zero attached hydrogens (tertiary/aromatic N) is 4. The monoisotopic (exact) mass is 584 g/mol. The van der Waals surface area contributed by atoms with Crippen molar-refractivity contribution < 1.29 is 32.2 Å². The molecular formula is C29H31F3N6O4. The lowest BCUT2D eigenvalue weighted by molar-refractivity contribution is -0.139. The number of alkyl halides is 3. The third-order valence-electron chi connectivity index (χ3n) is 7.65. The fraction of sp³-hybridized carbons (Fsp3) is 0.379. The lowest BCUT2D eigenvalue weighted by Crippen LogP contribution is -2.43. The van der Waals surface area contributed by atoms with Crippen molar-refractivity contribution in [3.05, 3.63) is 64.8 Å². The van der Waals surface area contributed by atoms with Crippen LogP contribution in [0.1, 0.15) is 57.7 Å². The number of piperidine rings is 1. The fourth-order valence-electron chi connectivity index (χ4n) is 5.05. The second kappa shape index (κ2) is 11.5. The second-order valence-electron chi connectivity index (χ2n) is 10.4. The molecule has 0 spiro atoms. The first-order chi connectivity index (χ1) is 20.0. The third-order valence-corrected chi connectivity index (χ3v) is 7.65. The zero-order valence-corrected chi connectivity index (χ0v) is 23.6. The van der Waals surface area contributed by atoms with Gasteiger partial charge in [-0.25, -0.2) is 4.98 Å². The number of hydrogen-bond donors (Lipinski definition) is 2. The number of fused-ring (bicyclic) bond motifs is 1. The Balaban J connectivity index is 1.40. The van der Waals surface area contributed by atoms with Crippen LogP contribution < -0.4 is 20.1 Å². The first-order valence-corrected chi connectivity index (χ1v) is 13.4. The van der Waals surface area contributed by atoms with Gasteiger partial charge < -0.3 is 29.9 Å². The van der Waals surface area contributed by atoms with E-state index in [4.69, 9.17) is 9.47 Å². The number of ether oxygens (including phenoxy) is 2. The average Bonchev–Trinajstić information content (AvgIpc) is 3.18. The Labute approximate surface area is 240 Å². The van der Waals surface area contributed by atoms with Gasteiger partial charge in [-0.1, -0.05) is 12.1 Å². The number of halogens is 3. The summed E-state index contributed by atoms with van der Waals surface area (Å²) < 4.78 is 52.8. The van der Waals surface area contributed by atoms with Gasteiger partial charge in [-0.05, 0) is 69.7 Å². The molecule has 1 fully saturated rings. The standard InChI is InChI=1S/C29H31F3N6O4/c1-16-19-6-5-7-22(24(19)27(40)38(16)3)42-26-20(29(30,31)32)15-33-28(36-26)35-21-9-8-17(14-23(21)41-4)25(39)34-18-10-12-37(2)13-11-18/h5-9,14-16,18H,10-13H2,1-4H3,(H,34,39)(H,33,35,36). The van der Waals surface area contributed by atoms with Crippen LogP contribution in [-0.2, 0) is 6.18 Å². The van der Waals surface area contributed by atoms with Gasteiger partial charge in [0.2, 0.25) is 11.8 Å². The van der Waals surface area contributed by atoms with E-state index < -0.39 is 17.6 Å². The minimum atomic E-state index is -4.82. The number of amides is 2. The maximum atomic E-state index is 13.9. The Morgan fingerprint density at radius 3 is 2.52 bits per heavy atom. The van der Waals surface area contributed by atoms with E-state index in [1.54, 1.807) is 31.3 Å². The van der Waals surface area contributed by atoms with E-state index in [1.165, 1.54) is 24.1 Å². The molecule has 1 atom stereocenters. The average molecular weight is 585 g/mol. The van der Waals surface area contributed by atoms with E-state index in [-0.39, 0.29) is 46.9 Å². The first-order valence-electron chi connectivity index (χ1n) is 13.4. The second-order valence-corrected chi connectivity index (χ2v) is 10.4. The molecule has 42 heavy (non-hydrogen) atoms. The van der Waals surface area contributed by atoms with Gasteiger partial charge in [0.15, 0.2) is 0 Å². The molecule has 0 aliphatic carbocycles. The highest BCUT2D eigenvalue weighted by atomic mass is 19.4. The van der Waals surface area contributed by atoms with Crippen LogP contribution in [-0.4, -0.2) is 71.9 Å². The summed E-state index contributed by atoms with van der Waals surface area (Å²) in [5.41, 5.74) is 0.321. The van der Waals surface area contributed by atoms with Gasteiger partial charge in [0.05, 0.1) is 24.4 Å². The van der Waals surface area contributed by atoms with Crippen LogP contribution in [0.15, 0.2) is 42.6 Å². The zero-order chi connectivity index (χ0) is 30.2. The molecule has 13 heteroatoms. The van der Waals surface area contributed by atoms with Crippen molar-refractivity contribution in [3.8, 4) is 17.4 Å². The highest BCUT2D eigenvalue weighted by Gasteiger charge is 2.38. The van der Waals surface area contributed by atoms with Crippen LogP contribution in [0.25, 0.3) is 0 Å². The third kappa shape index (κ3) is 5.82. The minimum Gasteiger partial charge on any atom is -0.495 e. The Morgan fingerprint density at radius 2 is 1.83 bits per heavy atom. The largest absolute Gasteiger partial charge is 0.495 e. The first kappa shape index (κ1) is 29.1. The van der Waals surface area contributed by atoms with Gasteiger partial charge in [-0.3, -0.25) is 9.59 Å². The molecule has 10 nitrogen and oxygen atoms in total. The summed E-state index contributed by atoms with van der Waals surface area (Å²) >= 11 is 0. The molecule has 3 heterocycles. The van der Waals surface area contributed by atoms with Crippen molar-refractivity contribution in [1.82, 2.24) is 25.1 Å². The van der Waals surface area contributed by atoms with E-state index >= 15 is 0 Å². The van der Waals surface area contributed by atoms with Crippen molar-refractivity contribution in [2.24, 2.45) is 0 Å². The molecule has 0 radical (unpaired) electrons. The van der Waals surface area contributed by atoms with E-state index in [1.807, 2.05) is 14.0 Å². The smallest absolute Gasteiger partial charge is 0.423 e. The number of hydrogen-bond acceptors (Lipinski definition) is 8. The maximum absolute atomic E-state index is 13.9. The van der Waals surface area contributed by atoms with E-state index in [0.717, 1.165) is 25.9 Å². The van der Waals surface area contributed by atoms with Crippen LogP contribution in [0.5, 0.6) is 17.4 Å². The Bertz CT molecular complexity index is 1510. The Hall–Kier alpha value is -4.39. The number of anilines is 2. The molecule has 1 aromatic heterocycles. The van der Waals surface area contributed by atoms with E-state index in [9.17, 15) is 22.8 Å². The fourth-order valence-corrected chi connectivity index (χ4v) is 5.05. The highest BCUT2D eigenvalue weighted by Crippen LogP contribution is 2.42. The van der Waals surface area contributed by atoms with Gasteiger partial charge in [0.1, 0.15) is 17.1 Å². The summed E-state index contributed by atoms with van der Waals surface area (Å²) in [6.07, 6.45) is -2.50. The molecule has 1 saturated heterocycles. The van der Waals surface area contributed by atoms with Crippen molar-refractivity contribution >= 4 is 23.5 Å². The molecule has 0 saturated carbocycles. The summed E-state index contributed by atoms with van der Waals surface area (Å²) in [5, 5.41) is 5.89. The summed E-state index contributed by atoms with van der Waals surface area (Å²) in [4.78, 5) is 37.2. The van der Waals surface area contributed by atoms with Crippen LogP contribution in [0.3, 0.4) is 0 Å². The predicted molar refractivity (Wildman–Crippen MR) is 148 cm³/mol. The van der Waals surface area contributed by atoms with Crippen molar-refractivity contribution in [3.63, 3.8) is 0 Å². The molecule has 2 aliphatic rings. The molecule has 0 bridgehead atoms. The lowest BCUT2D eigenvalue weighted by atomic mass is 10.0. The van der Waals surface area contributed by atoms with Crippen LogP contribution in [0.2, 0.25) is 0 Å². The number of aromatic nitrogens is 2. The summed E-state index contributed by atoms with van der Waals surface area (Å²) in [6, 6.07) is 9.25. The molecule has 2 N–H and O–H groups in total. The number of nitrogens with one attached hydrogen (secondary N) is 2. The number of benzene rings is 2. The van der Waals surface area contributed by atoms with Crippen LogP contribution >= 0.6 is 0 Å². The summed E-state index contributed by atoms with van der Waals surface area (Å²) in [5.74, 6) is -1.36. The zero-order valence-electron chi connectivity index (χ0n) is 23.6. The quantitative estimate of drug-likeness (QED) is 0.399. The van der Waals surface area contributed by atoms with E-state index in [0.29, 0.717) is 23.0 Å². The van der Waals surface area contributed by atoms with Crippen LogP contribution in [0.4, 0.5) is 24.8 Å². The normalized spacial score (nSPS) is 17.6. The van der Waals surface area contributed by atoms with Crippen molar-refractivity contribution in [2.75, 3.05) is 39.6 Å². The molecular weight excluding hydrogens is 553 g/mol. The van der Waals surface area contributed by atoms with Gasteiger partial charge in [-0.15, -0.1) is 0 Å². The van der Waals surface area contributed by atoms with Gasteiger partial charge in [0.25, 0.3) is 11.8 Å². The molecule has 5 rings (SSSR count). The maximum Gasteiger partial charge on any atom is 0.423 e. The minimum absolute atomic E-state index is 0.0404. The lowest BCUT2D eigenvalue weighted by Gasteiger charge is -2.29. The highest BCUT2D eigenvalue weighted by molar-refractivity contribution is 6.01. The van der Waals surface area contributed by atoms with Gasteiger partial charge >= 0.3 is 6.18 Å². The molecule has 222 valence electrons. The summed E-state index contributed by atoms with van der Waals surface area (Å²) in [7, 11) is 5.06. The Kier molecular flexibility index (Phi) is 7.95. The van der Waals surface area contributed by atoms with Crippen molar-refractivity contribution in [1.29, 1.82) is 0 Å².